The average molecular weight is 262 g/mol. The summed E-state index contributed by atoms with van der Waals surface area (Å²) >= 11 is 0. The molecule has 2 aromatic heterocycles. The third-order valence-corrected chi connectivity index (χ3v) is 3.01. The van der Waals surface area contributed by atoms with Crippen molar-refractivity contribution in [2.75, 3.05) is 10.7 Å². The van der Waals surface area contributed by atoms with Crippen LogP contribution in [0.1, 0.15) is 28.4 Å². The normalized spacial score (nSPS) is 10.6. The van der Waals surface area contributed by atoms with Gasteiger partial charge in [-0.05, 0) is 27.7 Å². The minimum Gasteiger partial charge on any atom is -0.365 e. The number of hydrazine groups is 1. The minimum absolute atomic E-state index is 0.600. The van der Waals surface area contributed by atoms with Crippen LogP contribution in [0.5, 0.6) is 0 Å². The Kier molecular flexibility index (Phi) is 3.66. The van der Waals surface area contributed by atoms with E-state index >= 15 is 0 Å². The Morgan fingerprint density at radius 3 is 2.37 bits per heavy atom. The molecule has 19 heavy (non-hydrogen) atoms. The first-order valence-corrected chi connectivity index (χ1v) is 6.00. The molecule has 0 atom stereocenters. The van der Waals surface area contributed by atoms with Gasteiger partial charge in [0.05, 0.1) is 5.69 Å². The van der Waals surface area contributed by atoms with Crippen molar-refractivity contribution in [1.29, 1.82) is 0 Å². The van der Waals surface area contributed by atoms with Gasteiger partial charge in [0.2, 0.25) is 0 Å². The van der Waals surface area contributed by atoms with Crippen LogP contribution in [0.4, 0.5) is 11.6 Å². The van der Waals surface area contributed by atoms with E-state index in [4.69, 9.17) is 10.4 Å². The van der Waals surface area contributed by atoms with Crippen LogP contribution in [0.25, 0.3) is 0 Å². The first-order valence-electron chi connectivity index (χ1n) is 6.00. The van der Waals surface area contributed by atoms with Crippen molar-refractivity contribution >= 4 is 11.6 Å². The van der Waals surface area contributed by atoms with Gasteiger partial charge in [0, 0.05) is 17.7 Å². The number of aromatic nitrogens is 3. The van der Waals surface area contributed by atoms with Gasteiger partial charge in [-0.3, -0.25) is 0 Å². The number of aryl methyl sites for hydroxylation is 3. The molecule has 0 aromatic carbocycles. The van der Waals surface area contributed by atoms with E-state index in [2.05, 4.69) is 25.9 Å². The summed E-state index contributed by atoms with van der Waals surface area (Å²) in [7, 11) is 0. The van der Waals surface area contributed by atoms with Crippen molar-refractivity contribution in [3.05, 3.63) is 28.4 Å². The SMILES string of the molecule is Cc1nc(NN)c(C)c(NCc2c(C)noc2C)n1. The van der Waals surface area contributed by atoms with Gasteiger partial charge >= 0.3 is 0 Å². The van der Waals surface area contributed by atoms with E-state index in [1.807, 2.05) is 27.7 Å². The van der Waals surface area contributed by atoms with E-state index < -0.39 is 0 Å². The van der Waals surface area contributed by atoms with Crippen LogP contribution in [-0.2, 0) is 6.54 Å². The van der Waals surface area contributed by atoms with Crippen molar-refractivity contribution in [3.63, 3.8) is 0 Å². The van der Waals surface area contributed by atoms with E-state index in [-0.39, 0.29) is 0 Å². The number of nitrogen functional groups attached to an aromatic ring is 1. The molecule has 0 unspecified atom stereocenters. The highest BCUT2D eigenvalue weighted by molar-refractivity contribution is 5.56. The number of hydrogen-bond donors (Lipinski definition) is 3. The highest BCUT2D eigenvalue weighted by atomic mass is 16.5. The number of rotatable bonds is 4. The molecule has 2 heterocycles. The van der Waals surface area contributed by atoms with E-state index in [1.165, 1.54) is 0 Å². The fourth-order valence-corrected chi connectivity index (χ4v) is 1.87. The number of nitrogens with zero attached hydrogens (tertiary/aromatic N) is 3. The van der Waals surface area contributed by atoms with Crippen molar-refractivity contribution < 1.29 is 4.52 Å². The summed E-state index contributed by atoms with van der Waals surface area (Å²) in [5.74, 6) is 8.27. The van der Waals surface area contributed by atoms with Crippen molar-refractivity contribution in [3.8, 4) is 0 Å². The molecular weight excluding hydrogens is 244 g/mol. The first kappa shape index (κ1) is 13.3. The standard InChI is InChI=1S/C12H18N6O/c1-6-11(15-9(4)16-12(6)17-13)14-5-10-7(2)18-19-8(10)3/h5,13H2,1-4H3,(H2,14,15,16,17). The zero-order valence-corrected chi connectivity index (χ0v) is 11.5. The van der Waals surface area contributed by atoms with E-state index in [0.717, 1.165) is 28.4 Å². The number of nitrogens with two attached hydrogens (primary N) is 1. The van der Waals surface area contributed by atoms with Crippen LogP contribution in [0.2, 0.25) is 0 Å². The Balaban J connectivity index is 2.22. The molecule has 102 valence electrons. The Hall–Kier alpha value is -2.15. The lowest BCUT2D eigenvalue weighted by atomic mass is 10.2. The van der Waals surface area contributed by atoms with Gasteiger partial charge in [-0.25, -0.2) is 15.8 Å². The molecule has 0 saturated heterocycles. The zero-order valence-electron chi connectivity index (χ0n) is 11.5. The summed E-state index contributed by atoms with van der Waals surface area (Å²) in [4.78, 5) is 8.59. The molecule has 7 heteroatoms. The van der Waals surface area contributed by atoms with Gasteiger partial charge < -0.3 is 15.3 Å². The molecule has 0 fully saturated rings. The number of nitrogens with one attached hydrogen (secondary N) is 2. The van der Waals surface area contributed by atoms with Crippen molar-refractivity contribution in [1.82, 2.24) is 15.1 Å². The molecule has 2 aromatic rings. The average Bonchev–Trinajstić information content (AvgIpc) is 2.70. The summed E-state index contributed by atoms with van der Waals surface area (Å²) in [6.45, 7) is 8.13. The largest absolute Gasteiger partial charge is 0.365 e. The van der Waals surface area contributed by atoms with E-state index in [0.29, 0.717) is 18.2 Å². The van der Waals surface area contributed by atoms with Gasteiger partial charge in [-0.2, -0.15) is 0 Å². The monoisotopic (exact) mass is 262 g/mol. The summed E-state index contributed by atoms with van der Waals surface area (Å²) in [5, 5.41) is 7.19. The van der Waals surface area contributed by atoms with Gasteiger partial charge in [0.1, 0.15) is 23.2 Å². The molecule has 0 aliphatic heterocycles. The topological polar surface area (TPSA) is 102 Å². The molecule has 2 rings (SSSR count). The lowest BCUT2D eigenvalue weighted by Gasteiger charge is -2.12. The van der Waals surface area contributed by atoms with Crippen LogP contribution in [0, 0.1) is 27.7 Å². The molecule has 0 radical (unpaired) electrons. The van der Waals surface area contributed by atoms with E-state index in [1.54, 1.807) is 0 Å². The maximum absolute atomic E-state index is 5.43. The lowest BCUT2D eigenvalue weighted by Crippen LogP contribution is -2.14. The summed E-state index contributed by atoms with van der Waals surface area (Å²) < 4.78 is 5.13. The van der Waals surface area contributed by atoms with Crippen LogP contribution in [0.3, 0.4) is 0 Å². The zero-order chi connectivity index (χ0) is 14.0. The summed E-state index contributed by atoms with van der Waals surface area (Å²) in [6.07, 6.45) is 0. The van der Waals surface area contributed by atoms with Crippen LogP contribution >= 0.6 is 0 Å². The third kappa shape index (κ3) is 2.65. The molecule has 7 nitrogen and oxygen atoms in total. The van der Waals surface area contributed by atoms with Gasteiger partial charge in [0.15, 0.2) is 0 Å². The predicted molar refractivity (Wildman–Crippen MR) is 72.6 cm³/mol. The van der Waals surface area contributed by atoms with Crippen molar-refractivity contribution in [2.24, 2.45) is 5.84 Å². The molecular formula is C12H18N6O. The quantitative estimate of drug-likeness (QED) is 0.568. The van der Waals surface area contributed by atoms with Gasteiger partial charge in [0.25, 0.3) is 0 Å². The predicted octanol–water partition coefficient (Wildman–Crippen LogP) is 1.60. The third-order valence-electron chi connectivity index (χ3n) is 3.01. The molecule has 0 spiro atoms. The van der Waals surface area contributed by atoms with Crippen LogP contribution in [0.15, 0.2) is 4.52 Å². The second-order valence-corrected chi connectivity index (χ2v) is 4.39. The summed E-state index contributed by atoms with van der Waals surface area (Å²) in [6, 6.07) is 0. The number of hydrogen-bond acceptors (Lipinski definition) is 7. The highest BCUT2D eigenvalue weighted by Crippen LogP contribution is 2.21. The Labute approximate surface area is 111 Å². The fourth-order valence-electron chi connectivity index (χ4n) is 1.87. The Bertz CT molecular complexity index is 573. The molecule has 0 aliphatic rings. The Morgan fingerprint density at radius 1 is 1.11 bits per heavy atom. The molecule has 0 aliphatic carbocycles. The lowest BCUT2D eigenvalue weighted by molar-refractivity contribution is 0.392. The molecule has 0 bridgehead atoms. The molecule has 0 amide bonds. The minimum atomic E-state index is 0.600. The van der Waals surface area contributed by atoms with Crippen molar-refractivity contribution in [2.45, 2.75) is 34.2 Å². The smallest absolute Gasteiger partial charge is 0.148 e. The highest BCUT2D eigenvalue weighted by Gasteiger charge is 2.12. The van der Waals surface area contributed by atoms with Crippen LogP contribution < -0.4 is 16.6 Å². The van der Waals surface area contributed by atoms with Gasteiger partial charge in [-0.1, -0.05) is 5.16 Å². The Morgan fingerprint density at radius 2 is 1.79 bits per heavy atom. The maximum atomic E-state index is 5.43. The molecule has 0 saturated carbocycles. The first-order chi connectivity index (χ1) is 9.02. The second kappa shape index (κ2) is 5.23. The second-order valence-electron chi connectivity index (χ2n) is 4.39. The van der Waals surface area contributed by atoms with E-state index in [9.17, 15) is 0 Å². The van der Waals surface area contributed by atoms with Crippen LogP contribution in [-0.4, -0.2) is 15.1 Å². The fraction of sp³-hybridized carbons (Fsp3) is 0.417. The van der Waals surface area contributed by atoms with Gasteiger partial charge in [-0.15, -0.1) is 0 Å². The maximum Gasteiger partial charge on any atom is 0.148 e. The number of anilines is 2. The molecule has 4 N–H and O–H groups in total. The summed E-state index contributed by atoms with van der Waals surface area (Å²) in [5.41, 5.74) is 5.37.